The highest BCUT2D eigenvalue weighted by atomic mass is 31.2. The zero-order valence-electron chi connectivity index (χ0n) is 8.20. The minimum absolute atomic E-state index is 0.346. The largest absolute Gasteiger partial charge is 0.397 e. The normalized spacial score (nSPS) is 22.7. The summed E-state index contributed by atoms with van der Waals surface area (Å²) in [6.07, 6.45) is 0.696. The lowest BCUT2D eigenvalue weighted by atomic mass is 10.00. The summed E-state index contributed by atoms with van der Waals surface area (Å²) >= 11 is 0. The van der Waals surface area contributed by atoms with Crippen LogP contribution in [0.1, 0.15) is 27.2 Å². The smallest absolute Gasteiger partial charge is 0.303 e. The van der Waals surface area contributed by atoms with Gasteiger partial charge < -0.3 is 9.05 Å². The van der Waals surface area contributed by atoms with Gasteiger partial charge in [-0.1, -0.05) is 20.8 Å². The second-order valence-corrected chi connectivity index (χ2v) is 5.99. The molecular weight excluding hydrogens is 191 g/mol. The maximum Gasteiger partial charge on any atom is 0.397 e. The molecule has 0 unspecified atom stereocenters. The van der Waals surface area contributed by atoms with E-state index in [-0.39, 0.29) is 0 Å². The van der Waals surface area contributed by atoms with Gasteiger partial charge in [0.1, 0.15) is 0 Å². The Hall–Kier alpha value is -0.180. The van der Waals surface area contributed by atoms with Crippen molar-refractivity contribution >= 4 is 13.1 Å². The van der Waals surface area contributed by atoms with Crippen molar-refractivity contribution in [3.63, 3.8) is 0 Å². The molecule has 0 aliphatic carbocycles. The van der Waals surface area contributed by atoms with Gasteiger partial charge in [0, 0.05) is 5.41 Å². The quantitative estimate of drug-likeness (QED) is 0.617. The zero-order valence-corrected chi connectivity index (χ0v) is 9.10. The average Bonchev–Trinajstić information content (AvgIpc) is 2.03. The number of rotatable bonds is 1. The van der Waals surface area contributed by atoms with Crippen LogP contribution in [0.25, 0.3) is 0 Å². The highest BCUT2D eigenvalue weighted by Gasteiger charge is 2.43. The lowest BCUT2D eigenvalue weighted by molar-refractivity contribution is -0.121. The first-order valence-corrected chi connectivity index (χ1v) is 5.85. The maximum absolute atomic E-state index is 11.8. The predicted molar refractivity (Wildman–Crippen MR) is 48.6 cm³/mol. The molecule has 0 N–H and O–H groups in total. The molecule has 5 heteroatoms. The Labute approximate surface area is 78.1 Å². The third-order valence-corrected chi connectivity index (χ3v) is 3.91. The van der Waals surface area contributed by atoms with Crippen LogP contribution in [0.3, 0.4) is 0 Å². The van der Waals surface area contributed by atoms with Gasteiger partial charge in [-0.05, 0) is 6.42 Å². The van der Waals surface area contributed by atoms with E-state index in [1.807, 2.05) is 0 Å². The van der Waals surface area contributed by atoms with E-state index in [9.17, 15) is 9.36 Å². The molecule has 0 bridgehead atoms. The second kappa shape index (κ2) is 3.52. The van der Waals surface area contributed by atoms with Crippen LogP contribution in [0.5, 0.6) is 0 Å². The van der Waals surface area contributed by atoms with E-state index in [1.54, 1.807) is 20.8 Å². The van der Waals surface area contributed by atoms with E-state index in [4.69, 9.17) is 9.05 Å². The van der Waals surface area contributed by atoms with E-state index in [1.165, 1.54) is 0 Å². The molecule has 1 aliphatic heterocycles. The van der Waals surface area contributed by atoms with E-state index >= 15 is 0 Å². The Bertz CT molecular complexity index is 243. The van der Waals surface area contributed by atoms with Gasteiger partial charge in [0.2, 0.25) is 5.52 Å². The van der Waals surface area contributed by atoms with Crippen molar-refractivity contribution in [2.45, 2.75) is 27.2 Å². The van der Waals surface area contributed by atoms with Gasteiger partial charge in [0.05, 0.1) is 13.2 Å². The molecule has 0 aromatic rings. The second-order valence-electron chi connectivity index (χ2n) is 4.07. The molecule has 1 rings (SSSR count). The van der Waals surface area contributed by atoms with Gasteiger partial charge in [-0.15, -0.1) is 0 Å². The lowest BCUT2D eigenvalue weighted by Gasteiger charge is -2.26. The molecule has 0 aromatic carbocycles. The lowest BCUT2D eigenvalue weighted by Crippen LogP contribution is -2.24. The Balaban J connectivity index is 2.80. The summed E-state index contributed by atoms with van der Waals surface area (Å²) < 4.78 is 21.7. The van der Waals surface area contributed by atoms with Crippen LogP contribution in [-0.4, -0.2) is 18.7 Å². The van der Waals surface area contributed by atoms with Crippen molar-refractivity contribution in [2.24, 2.45) is 5.41 Å². The highest BCUT2D eigenvalue weighted by Crippen LogP contribution is 2.55. The third kappa shape index (κ3) is 2.39. The minimum atomic E-state index is -3.46. The van der Waals surface area contributed by atoms with Gasteiger partial charge in [-0.3, -0.25) is 9.36 Å². The van der Waals surface area contributed by atoms with Crippen molar-refractivity contribution in [3.8, 4) is 0 Å². The molecule has 1 aliphatic rings. The monoisotopic (exact) mass is 206 g/mol. The number of carbonyl (C=O) groups is 1. The molecule has 1 heterocycles. The van der Waals surface area contributed by atoms with Crippen LogP contribution < -0.4 is 0 Å². The molecule has 76 valence electrons. The van der Waals surface area contributed by atoms with Crippen LogP contribution in [0.4, 0.5) is 0 Å². The first-order chi connectivity index (χ1) is 5.86. The molecule has 0 amide bonds. The SMILES string of the molecule is CC(C)(C)C(=O)P1(=O)OCCCO1. The first kappa shape index (κ1) is 10.9. The van der Waals surface area contributed by atoms with Crippen LogP contribution in [0, 0.1) is 5.41 Å². The number of carbonyl (C=O) groups excluding carboxylic acids is 1. The molecule has 13 heavy (non-hydrogen) atoms. The van der Waals surface area contributed by atoms with Gasteiger partial charge >= 0.3 is 7.60 Å². The molecule has 0 aromatic heterocycles. The zero-order chi connectivity index (χ0) is 10.1. The molecule has 1 saturated heterocycles. The number of hydrogen-bond donors (Lipinski definition) is 0. The summed E-state index contributed by atoms with van der Waals surface area (Å²) in [5, 5.41) is 0. The molecule has 0 radical (unpaired) electrons. The van der Waals surface area contributed by atoms with Crippen molar-refractivity contribution < 1.29 is 18.4 Å². The fourth-order valence-corrected chi connectivity index (χ4v) is 2.86. The topological polar surface area (TPSA) is 52.6 Å². The summed E-state index contributed by atoms with van der Waals surface area (Å²) in [5.74, 6) is 0. The van der Waals surface area contributed by atoms with Crippen molar-refractivity contribution in [2.75, 3.05) is 13.2 Å². The van der Waals surface area contributed by atoms with Crippen molar-refractivity contribution in [1.29, 1.82) is 0 Å². The average molecular weight is 206 g/mol. The fourth-order valence-electron chi connectivity index (χ4n) is 0.994. The standard InChI is InChI=1S/C8H15O4P/c1-8(2,3)7(9)13(10)11-5-4-6-12-13/h4-6H2,1-3H3. The van der Waals surface area contributed by atoms with Crippen LogP contribution in [0.2, 0.25) is 0 Å². The Morgan fingerprint density at radius 3 is 2.08 bits per heavy atom. The molecular formula is C8H15O4P. The van der Waals surface area contributed by atoms with E-state index in [0.29, 0.717) is 19.6 Å². The molecule has 1 fully saturated rings. The Morgan fingerprint density at radius 1 is 1.23 bits per heavy atom. The van der Waals surface area contributed by atoms with Gasteiger partial charge in [0.15, 0.2) is 0 Å². The summed E-state index contributed by atoms with van der Waals surface area (Å²) in [5.41, 5.74) is -1.10. The molecule has 0 spiro atoms. The summed E-state index contributed by atoms with van der Waals surface area (Å²) in [6, 6.07) is 0. The van der Waals surface area contributed by atoms with Gasteiger partial charge in [-0.2, -0.15) is 0 Å². The van der Waals surface area contributed by atoms with Gasteiger partial charge in [0.25, 0.3) is 0 Å². The summed E-state index contributed by atoms with van der Waals surface area (Å²) in [7, 11) is -3.46. The Kier molecular flexibility index (Phi) is 2.95. The van der Waals surface area contributed by atoms with Crippen molar-refractivity contribution in [1.82, 2.24) is 0 Å². The summed E-state index contributed by atoms with van der Waals surface area (Å²) in [6.45, 7) is 5.81. The molecule has 4 nitrogen and oxygen atoms in total. The van der Waals surface area contributed by atoms with Crippen LogP contribution in [0.15, 0.2) is 0 Å². The summed E-state index contributed by atoms with van der Waals surface area (Å²) in [4.78, 5) is 11.6. The van der Waals surface area contributed by atoms with Crippen LogP contribution in [-0.2, 0) is 18.4 Å². The van der Waals surface area contributed by atoms with Crippen LogP contribution >= 0.6 is 7.60 Å². The number of hydrogen-bond acceptors (Lipinski definition) is 4. The highest BCUT2D eigenvalue weighted by molar-refractivity contribution is 7.72. The molecule has 0 atom stereocenters. The first-order valence-electron chi connectivity index (χ1n) is 4.30. The Morgan fingerprint density at radius 2 is 1.69 bits per heavy atom. The van der Waals surface area contributed by atoms with E-state index in [2.05, 4.69) is 0 Å². The van der Waals surface area contributed by atoms with E-state index < -0.39 is 18.5 Å². The third-order valence-electron chi connectivity index (χ3n) is 1.70. The predicted octanol–water partition coefficient (Wildman–Crippen LogP) is 2.19. The molecule has 0 saturated carbocycles. The maximum atomic E-state index is 11.8. The van der Waals surface area contributed by atoms with Gasteiger partial charge in [-0.25, -0.2) is 0 Å². The fraction of sp³-hybridized carbons (Fsp3) is 0.875. The van der Waals surface area contributed by atoms with E-state index in [0.717, 1.165) is 0 Å². The van der Waals surface area contributed by atoms with Crippen molar-refractivity contribution in [3.05, 3.63) is 0 Å². The minimum Gasteiger partial charge on any atom is -0.303 e.